The highest BCUT2D eigenvalue weighted by molar-refractivity contribution is 5.95. The van der Waals surface area contributed by atoms with E-state index in [1.165, 1.54) is 24.3 Å². The van der Waals surface area contributed by atoms with Crippen LogP contribution in [0.25, 0.3) is 0 Å². The van der Waals surface area contributed by atoms with Crippen LogP contribution in [0.3, 0.4) is 0 Å². The lowest BCUT2D eigenvalue weighted by Crippen LogP contribution is -2.23. The normalized spacial score (nSPS) is 12.0. The molecule has 9 nitrogen and oxygen atoms in total. The van der Waals surface area contributed by atoms with Crippen LogP contribution in [0.4, 0.5) is 18.9 Å². The molecule has 0 bridgehead atoms. The van der Waals surface area contributed by atoms with E-state index < -0.39 is 36.7 Å². The highest BCUT2D eigenvalue weighted by Crippen LogP contribution is 2.34. The molecule has 0 saturated carbocycles. The summed E-state index contributed by atoms with van der Waals surface area (Å²) in [5.41, 5.74) is 5.68. The molecular weight excluding hydrogens is 411 g/mol. The Bertz CT molecular complexity index is 947. The molecule has 160 valence electrons. The number of nitrogens with two attached hydrogens (primary N) is 1. The maximum absolute atomic E-state index is 12.5. The van der Waals surface area contributed by atoms with Crippen molar-refractivity contribution in [2.24, 2.45) is 5.73 Å². The first-order valence-corrected chi connectivity index (χ1v) is 8.14. The Morgan fingerprint density at radius 3 is 2.27 bits per heavy atom. The minimum absolute atomic E-state index is 0.210. The topological polar surface area (TPSA) is 155 Å². The molecule has 30 heavy (non-hydrogen) atoms. The quantitative estimate of drug-likeness (QED) is 0.302. The fraction of sp³-hybridized carbons (Fsp3) is 0.167. The summed E-state index contributed by atoms with van der Waals surface area (Å²) < 4.78 is 46.5. The van der Waals surface area contributed by atoms with Crippen molar-refractivity contribution in [3.05, 3.63) is 53.6 Å². The Kier molecular flexibility index (Phi) is 6.72. The van der Waals surface area contributed by atoms with Crippen molar-refractivity contribution in [3.63, 3.8) is 0 Å². The van der Waals surface area contributed by atoms with Crippen LogP contribution in [0.1, 0.15) is 17.2 Å². The Balaban J connectivity index is 2.43. The van der Waals surface area contributed by atoms with Crippen LogP contribution in [-0.2, 0) is 9.59 Å². The van der Waals surface area contributed by atoms with E-state index in [2.05, 4.69) is 10.1 Å². The van der Waals surface area contributed by atoms with Crippen LogP contribution in [0.2, 0.25) is 0 Å². The monoisotopic (exact) mass is 427 g/mol. The average Bonchev–Trinajstić information content (AvgIpc) is 2.63. The molecule has 2 aromatic rings. The van der Waals surface area contributed by atoms with Crippen molar-refractivity contribution in [3.8, 4) is 11.5 Å². The third-order valence-corrected chi connectivity index (χ3v) is 3.63. The van der Waals surface area contributed by atoms with Gasteiger partial charge in [-0.15, -0.1) is 13.2 Å². The molecule has 6 N–H and O–H groups in total. The Labute approximate surface area is 167 Å². The van der Waals surface area contributed by atoms with Gasteiger partial charge in [-0.2, -0.15) is 0 Å². The molecule has 0 saturated heterocycles. The van der Waals surface area contributed by atoms with Crippen molar-refractivity contribution >= 4 is 23.5 Å². The molecule has 0 spiro atoms. The number of halogens is 3. The van der Waals surface area contributed by atoms with Crippen molar-refractivity contribution in [2.45, 2.75) is 12.4 Å². The number of amidine groups is 1. The second-order valence-corrected chi connectivity index (χ2v) is 5.84. The van der Waals surface area contributed by atoms with E-state index in [0.717, 1.165) is 18.2 Å². The van der Waals surface area contributed by atoms with E-state index in [1.807, 2.05) is 0 Å². The highest BCUT2D eigenvalue weighted by atomic mass is 19.4. The number of hydrogen-bond donors (Lipinski definition) is 5. The Morgan fingerprint density at radius 2 is 1.77 bits per heavy atom. The van der Waals surface area contributed by atoms with Gasteiger partial charge in [0.2, 0.25) is 0 Å². The molecule has 0 aromatic heterocycles. The smallest absolute Gasteiger partial charge is 0.482 e. The first kappa shape index (κ1) is 22.3. The number of benzene rings is 2. The average molecular weight is 427 g/mol. The zero-order valence-corrected chi connectivity index (χ0v) is 15.1. The molecule has 0 heterocycles. The fourth-order valence-electron chi connectivity index (χ4n) is 2.41. The summed E-state index contributed by atoms with van der Waals surface area (Å²) in [5, 5.41) is 28.3. The Hall–Kier alpha value is -3.96. The maximum Gasteiger partial charge on any atom is 0.573 e. The molecule has 12 heteroatoms. The van der Waals surface area contributed by atoms with Gasteiger partial charge >= 0.3 is 18.3 Å². The predicted octanol–water partition coefficient (Wildman–Crippen LogP) is 2.57. The van der Waals surface area contributed by atoms with Crippen LogP contribution in [0, 0.1) is 5.41 Å². The molecule has 1 atom stereocenters. The van der Waals surface area contributed by atoms with Crippen molar-refractivity contribution in [2.75, 3.05) is 11.9 Å². The van der Waals surface area contributed by atoms with Gasteiger partial charge < -0.3 is 30.7 Å². The van der Waals surface area contributed by atoms with Crippen LogP contribution in [-0.4, -0.2) is 41.0 Å². The minimum atomic E-state index is -5.02. The van der Waals surface area contributed by atoms with Crippen molar-refractivity contribution < 1.29 is 42.4 Å². The van der Waals surface area contributed by atoms with Gasteiger partial charge in [0.25, 0.3) is 0 Å². The molecule has 0 aliphatic heterocycles. The number of anilines is 1. The van der Waals surface area contributed by atoms with Crippen molar-refractivity contribution in [1.82, 2.24) is 0 Å². The van der Waals surface area contributed by atoms with E-state index in [0.29, 0.717) is 5.56 Å². The summed E-state index contributed by atoms with van der Waals surface area (Å²) in [6.07, 6.45) is -5.02. The number of carboxylic acids is 2. The number of carboxylic acid groups (broad SMARTS) is 2. The standard InChI is InChI=1S/C18H16F3N3O6/c19-18(20,21)30-11-5-6-13(29-8-14(25)26)12(7-11)15(17(27)28)24-10-3-1-9(2-4-10)16(22)23/h1-7,15,24H,8H2,(H3,22,23)(H,25,26)(H,27,28). The summed E-state index contributed by atoms with van der Waals surface area (Å²) in [5.74, 6) is -4.02. The lowest BCUT2D eigenvalue weighted by molar-refractivity contribution is -0.274. The molecule has 2 aromatic carbocycles. The summed E-state index contributed by atoms with van der Waals surface area (Å²) in [7, 11) is 0. The van der Waals surface area contributed by atoms with E-state index in [9.17, 15) is 27.9 Å². The summed E-state index contributed by atoms with van der Waals surface area (Å²) >= 11 is 0. The molecule has 0 aliphatic carbocycles. The summed E-state index contributed by atoms with van der Waals surface area (Å²) in [6, 6.07) is 6.74. The fourth-order valence-corrected chi connectivity index (χ4v) is 2.41. The summed E-state index contributed by atoms with van der Waals surface area (Å²) in [4.78, 5) is 22.6. The number of nitrogens with one attached hydrogen (secondary N) is 2. The van der Waals surface area contributed by atoms with Crippen LogP contribution < -0.4 is 20.5 Å². The molecule has 0 aliphatic rings. The van der Waals surface area contributed by atoms with Gasteiger partial charge in [-0.05, 0) is 42.5 Å². The number of ether oxygens (including phenoxy) is 2. The third-order valence-electron chi connectivity index (χ3n) is 3.63. The number of hydrogen-bond acceptors (Lipinski definition) is 6. The van der Waals surface area contributed by atoms with E-state index in [4.69, 9.17) is 21.0 Å². The lowest BCUT2D eigenvalue weighted by Gasteiger charge is -2.20. The van der Waals surface area contributed by atoms with Crippen LogP contribution in [0.5, 0.6) is 11.5 Å². The zero-order valence-electron chi connectivity index (χ0n) is 15.1. The number of aliphatic carboxylic acids is 2. The van der Waals surface area contributed by atoms with Gasteiger partial charge in [-0.25, -0.2) is 9.59 Å². The first-order chi connectivity index (χ1) is 14.0. The molecule has 0 amide bonds. The first-order valence-electron chi connectivity index (χ1n) is 8.14. The summed E-state index contributed by atoms with van der Waals surface area (Å²) in [6.45, 7) is -0.841. The van der Waals surface area contributed by atoms with Gasteiger partial charge in [0.1, 0.15) is 17.3 Å². The number of alkyl halides is 3. The van der Waals surface area contributed by atoms with E-state index in [1.54, 1.807) is 0 Å². The van der Waals surface area contributed by atoms with Gasteiger partial charge in [0.05, 0.1) is 0 Å². The van der Waals surface area contributed by atoms with Crippen LogP contribution in [0.15, 0.2) is 42.5 Å². The second kappa shape index (κ2) is 9.03. The molecule has 0 radical (unpaired) electrons. The minimum Gasteiger partial charge on any atom is -0.482 e. The molecule has 1 unspecified atom stereocenters. The van der Waals surface area contributed by atoms with Gasteiger partial charge in [0.15, 0.2) is 12.6 Å². The Morgan fingerprint density at radius 1 is 1.13 bits per heavy atom. The predicted molar refractivity (Wildman–Crippen MR) is 97.7 cm³/mol. The zero-order chi connectivity index (χ0) is 22.5. The lowest BCUT2D eigenvalue weighted by atomic mass is 10.0. The highest BCUT2D eigenvalue weighted by Gasteiger charge is 2.32. The number of carbonyl (C=O) groups is 2. The third kappa shape index (κ3) is 6.29. The molecule has 2 rings (SSSR count). The van der Waals surface area contributed by atoms with E-state index >= 15 is 0 Å². The SMILES string of the molecule is N=C(N)c1ccc(NC(C(=O)O)c2cc(OC(F)(F)F)ccc2OCC(=O)O)cc1. The molecule has 0 fully saturated rings. The second-order valence-electron chi connectivity index (χ2n) is 5.84. The van der Waals surface area contributed by atoms with Crippen LogP contribution >= 0.6 is 0 Å². The number of rotatable bonds is 9. The number of nitrogen functional groups attached to an aromatic ring is 1. The van der Waals surface area contributed by atoms with E-state index in [-0.39, 0.29) is 22.8 Å². The molecular formula is C18H16F3N3O6. The van der Waals surface area contributed by atoms with Gasteiger partial charge in [-0.1, -0.05) is 0 Å². The van der Waals surface area contributed by atoms with Gasteiger partial charge in [-0.3, -0.25) is 5.41 Å². The maximum atomic E-state index is 12.5. The largest absolute Gasteiger partial charge is 0.573 e. The van der Waals surface area contributed by atoms with Gasteiger partial charge in [0, 0.05) is 16.8 Å². The van der Waals surface area contributed by atoms with Crippen molar-refractivity contribution in [1.29, 1.82) is 5.41 Å².